The maximum atomic E-state index is 11.1. The number of pyridine rings is 1. The van der Waals surface area contributed by atoms with E-state index >= 15 is 0 Å². The molecule has 13 heavy (non-hydrogen) atoms. The highest BCUT2D eigenvalue weighted by atomic mass is 79.9. The van der Waals surface area contributed by atoms with Crippen LogP contribution in [0.25, 0.3) is 5.65 Å². The third kappa shape index (κ3) is 1.49. The molecule has 0 saturated heterocycles. The standard InChI is InChI=1S/C9H7BrN2O/c1-6-4-9(13)11-8-3-2-7(10)5-12(6)8/h2-5H,1H3. The Balaban J connectivity index is 2.95. The fourth-order valence-corrected chi connectivity index (χ4v) is 1.57. The Bertz CT molecular complexity index is 518. The van der Waals surface area contributed by atoms with Gasteiger partial charge in [0.1, 0.15) is 5.65 Å². The second kappa shape index (κ2) is 2.96. The average molecular weight is 239 g/mol. The molecule has 0 unspecified atom stereocenters. The molecule has 2 rings (SSSR count). The second-order valence-electron chi connectivity index (χ2n) is 2.81. The molecule has 0 radical (unpaired) electrons. The minimum absolute atomic E-state index is 0.195. The van der Waals surface area contributed by atoms with Crippen molar-refractivity contribution in [3.05, 3.63) is 44.9 Å². The number of hydrogen-bond donors (Lipinski definition) is 0. The maximum absolute atomic E-state index is 11.1. The molecule has 66 valence electrons. The number of aromatic nitrogens is 2. The van der Waals surface area contributed by atoms with Crippen LogP contribution in [0.5, 0.6) is 0 Å². The van der Waals surface area contributed by atoms with E-state index in [1.54, 1.807) is 6.07 Å². The van der Waals surface area contributed by atoms with Gasteiger partial charge in [-0.1, -0.05) is 0 Å². The van der Waals surface area contributed by atoms with E-state index in [1.165, 1.54) is 6.07 Å². The molecule has 2 aromatic heterocycles. The lowest BCUT2D eigenvalue weighted by Gasteiger charge is -2.03. The Hall–Kier alpha value is -1.16. The molecular weight excluding hydrogens is 232 g/mol. The minimum atomic E-state index is -0.195. The Morgan fingerprint density at radius 2 is 2.23 bits per heavy atom. The lowest BCUT2D eigenvalue weighted by molar-refractivity contribution is 1.01. The van der Waals surface area contributed by atoms with Gasteiger partial charge in [0.2, 0.25) is 0 Å². The van der Waals surface area contributed by atoms with Gasteiger partial charge in [-0.15, -0.1) is 0 Å². The van der Waals surface area contributed by atoms with Gasteiger partial charge in [0.05, 0.1) is 0 Å². The molecule has 0 aromatic carbocycles. The Labute approximate surface area is 83.2 Å². The van der Waals surface area contributed by atoms with E-state index in [-0.39, 0.29) is 5.56 Å². The van der Waals surface area contributed by atoms with Crippen LogP contribution < -0.4 is 5.56 Å². The van der Waals surface area contributed by atoms with E-state index in [1.807, 2.05) is 23.6 Å². The summed E-state index contributed by atoms with van der Waals surface area (Å²) in [5.41, 5.74) is 1.37. The van der Waals surface area contributed by atoms with Gasteiger partial charge in [-0.25, -0.2) is 0 Å². The third-order valence-electron chi connectivity index (χ3n) is 1.83. The molecule has 0 aliphatic carbocycles. The van der Waals surface area contributed by atoms with Gasteiger partial charge in [0.25, 0.3) is 5.56 Å². The van der Waals surface area contributed by atoms with Crippen LogP contribution in [0.3, 0.4) is 0 Å². The number of aryl methyl sites for hydroxylation is 1. The summed E-state index contributed by atoms with van der Waals surface area (Å²) in [5, 5.41) is 0. The molecule has 0 saturated carbocycles. The van der Waals surface area contributed by atoms with Gasteiger partial charge < -0.3 is 4.40 Å². The summed E-state index contributed by atoms with van der Waals surface area (Å²) < 4.78 is 2.83. The van der Waals surface area contributed by atoms with Gasteiger partial charge in [0.15, 0.2) is 0 Å². The molecule has 0 spiro atoms. The zero-order valence-corrected chi connectivity index (χ0v) is 8.58. The molecule has 0 fully saturated rings. The molecule has 4 heteroatoms. The molecule has 0 aliphatic rings. The van der Waals surface area contributed by atoms with Crippen molar-refractivity contribution in [3.8, 4) is 0 Å². The van der Waals surface area contributed by atoms with Crippen LogP contribution in [0, 0.1) is 6.92 Å². The van der Waals surface area contributed by atoms with Crippen LogP contribution in [-0.4, -0.2) is 9.38 Å². The van der Waals surface area contributed by atoms with Crippen LogP contribution in [-0.2, 0) is 0 Å². The van der Waals surface area contributed by atoms with E-state index in [0.717, 1.165) is 10.2 Å². The number of hydrogen-bond acceptors (Lipinski definition) is 2. The van der Waals surface area contributed by atoms with Gasteiger partial charge in [-0.2, -0.15) is 4.98 Å². The average Bonchev–Trinajstić information content (AvgIpc) is 2.06. The van der Waals surface area contributed by atoms with Crippen molar-refractivity contribution in [1.82, 2.24) is 9.38 Å². The fourth-order valence-electron chi connectivity index (χ4n) is 1.23. The molecular formula is C9H7BrN2O. The van der Waals surface area contributed by atoms with E-state index < -0.39 is 0 Å². The van der Waals surface area contributed by atoms with Crippen molar-refractivity contribution in [2.24, 2.45) is 0 Å². The monoisotopic (exact) mass is 238 g/mol. The summed E-state index contributed by atoms with van der Waals surface area (Å²) >= 11 is 3.36. The lowest BCUT2D eigenvalue weighted by Crippen LogP contribution is -2.09. The van der Waals surface area contributed by atoms with Crippen molar-refractivity contribution >= 4 is 21.6 Å². The molecule has 0 amide bonds. The first-order valence-electron chi connectivity index (χ1n) is 3.82. The van der Waals surface area contributed by atoms with E-state index in [9.17, 15) is 4.79 Å². The smallest absolute Gasteiger partial charge is 0.273 e. The second-order valence-corrected chi connectivity index (χ2v) is 3.73. The molecule has 0 bridgehead atoms. The first-order chi connectivity index (χ1) is 6.16. The quantitative estimate of drug-likeness (QED) is 0.702. The summed E-state index contributed by atoms with van der Waals surface area (Å²) in [4.78, 5) is 14.9. The molecule has 3 nitrogen and oxygen atoms in total. The van der Waals surface area contributed by atoms with Crippen LogP contribution in [0.4, 0.5) is 0 Å². The van der Waals surface area contributed by atoms with E-state index in [0.29, 0.717) is 5.65 Å². The van der Waals surface area contributed by atoms with Crippen LogP contribution in [0.15, 0.2) is 33.7 Å². The maximum Gasteiger partial charge on any atom is 0.273 e. The van der Waals surface area contributed by atoms with E-state index in [4.69, 9.17) is 0 Å². The molecule has 0 N–H and O–H groups in total. The Kier molecular flexibility index (Phi) is 1.92. The Morgan fingerprint density at radius 1 is 1.46 bits per heavy atom. The highest BCUT2D eigenvalue weighted by Gasteiger charge is 1.98. The van der Waals surface area contributed by atoms with Gasteiger partial charge >= 0.3 is 0 Å². The highest BCUT2D eigenvalue weighted by Crippen LogP contribution is 2.10. The normalized spacial score (nSPS) is 10.6. The van der Waals surface area contributed by atoms with Gasteiger partial charge in [0, 0.05) is 22.4 Å². The lowest BCUT2D eigenvalue weighted by atomic mass is 10.4. The van der Waals surface area contributed by atoms with Gasteiger partial charge in [-0.05, 0) is 35.0 Å². The predicted octanol–water partition coefficient (Wildman–Crippen LogP) is 1.77. The number of rotatable bonds is 0. The molecule has 0 aliphatic heterocycles. The SMILES string of the molecule is Cc1cc(=O)nc2ccc(Br)cn12. The van der Waals surface area contributed by atoms with Crippen molar-refractivity contribution in [2.75, 3.05) is 0 Å². The summed E-state index contributed by atoms with van der Waals surface area (Å²) in [6, 6.07) is 5.18. The number of nitrogens with zero attached hydrogens (tertiary/aromatic N) is 2. The Morgan fingerprint density at radius 3 is 3.00 bits per heavy atom. The van der Waals surface area contributed by atoms with Crippen molar-refractivity contribution in [2.45, 2.75) is 6.92 Å². The minimum Gasteiger partial charge on any atom is -0.304 e. The summed E-state index contributed by atoms with van der Waals surface area (Å²) in [6.07, 6.45) is 1.89. The first-order valence-corrected chi connectivity index (χ1v) is 4.62. The molecule has 2 heterocycles. The van der Waals surface area contributed by atoms with Crippen LogP contribution in [0.2, 0.25) is 0 Å². The van der Waals surface area contributed by atoms with Crippen molar-refractivity contribution in [1.29, 1.82) is 0 Å². The summed E-state index contributed by atoms with van der Waals surface area (Å²) in [6.45, 7) is 1.88. The molecule has 2 aromatic rings. The highest BCUT2D eigenvalue weighted by molar-refractivity contribution is 9.10. The number of fused-ring (bicyclic) bond motifs is 1. The third-order valence-corrected chi connectivity index (χ3v) is 2.30. The fraction of sp³-hybridized carbons (Fsp3) is 0.111. The van der Waals surface area contributed by atoms with Crippen LogP contribution >= 0.6 is 15.9 Å². The summed E-state index contributed by atoms with van der Waals surface area (Å²) in [7, 11) is 0. The van der Waals surface area contributed by atoms with Crippen molar-refractivity contribution < 1.29 is 0 Å². The topological polar surface area (TPSA) is 34.4 Å². The molecule has 0 atom stereocenters. The number of halogens is 1. The zero-order valence-electron chi connectivity index (χ0n) is 6.99. The van der Waals surface area contributed by atoms with E-state index in [2.05, 4.69) is 20.9 Å². The zero-order chi connectivity index (χ0) is 9.42. The first kappa shape index (κ1) is 8.44. The summed E-state index contributed by atoms with van der Waals surface area (Å²) in [5.74, 6) is 0. The largest absolute Gasteiger partial charge is 0.304 e. The van der Waals surface area contributed by atoms with Gasteiger partial charge in [-0.3, -0.25) is 4.79 Å². The predicted molar refractivity (Wildman–Crippen MR) is 53.9 cm³/mol. The van der Waals surface area contributed by atoms with Crippen LogP contribution in [0.1, 0.15) is 5.69 Å². The van der Waals surface area contributed by atoms with Crippen molar-refractivity contribution in [3.63, 3.8) is 0 Å².